The molecule has 1 aromatic rings. The van der Waals surface area contributed by atoms with Gasteiger partial charge in [-0.3, -0.25) is 0 Å². The van der Waals surface area contributed by atoms with Crippen LogP contribution in [0.4, 0.5) is 0 Å². The van der Waals surface area contributed by atoms with Crippen LogP contribution in [-0.4, -0.2) is 11.2 Å². The van der Waals surface area contributed by atoms with E-state index in [0.29, 0.717) is 5.92 Å². The number of rotatable bonds is 2. The molecule has 0 aliphatic carbocycles. The number of benzene rings is 1. The summed E-state index contributed by atoms with van der Waals surface area (Å²) in [4.78, 5) is 0. The van der Waals surface area contributed by atoms with Gasteiger partial charge in [0.2, 0.25) is 0 Å². The molecule has 2 unspecified atom stereocenters. The zero-order valence-electron chi connectivity index (χ0n) is 13.1. The maximum absolute atomic E-state index is 6.59. The van der Waals surface area contributed by atoms with Crippen molar-refractivity contribution < 1.29 is 4.74 Å². The molecule has 19 heavy (non-hydrogen) atoms. The normalized spacial score (nSPS) is 26.4. The molecular weight excluding hydrogens is 234 g/mol. The van der Waals surface area contributed by atoms with Gasteiger partial charge < -0.3 is 10.5 Å². The van der Waals surface area contributed by atoms with Gasteiger partial charge in [0, 0.05) is 12.0 Å². The molecule has 0 aromatic heterocycles. The zero-order chi connectivity index (χ0) is 14.4. The van der Waals surface area contributed by atoms with E-state index < -0.39 is 0 Å². The van der Waals surface area contributed by atoms with Gasteiger partial charge in [-0.1, -0.05) is 18.2 Å². The SMILES string of the molecule is Cc1cccc(C(N)C2CC(C)(C)OC2(C)C)c1C. The molecule has 1 aliphatic rings. The van der Waals surface area contributed by atoms with Crippen molar-refractivity contribution in [3.63, 3.8) is 0 Å². The van der Waals surface area contributed by atoms with E-state index in [1.165, 1.54) is 16.7 Å². The van der Waals surface area contributed by atoms with Gasteiger partial charge in [0.25, 0.3) is 0 Å². The van der Waals surface area contributed by atoms with Crippen LogP contribution in [0.1, 0.15) is 56.8 Å². The number of hydrogen-bond acceptors (Lipinski definition) is 2. The third-order valence-electron chi connectivity index (χ3n) is 4.58. The Morgan fingerprint density at radius 2 is 1.84 bits per heavy atom. The highest BCUT2D eigenvalue weighted by Crippen LogP contribution is 2.47. The molecule has 1 aliphatic heterocycles. The Labute approximate surface area is 117 Å². The van der Waals surface area contributed by atoms with Crippen LogP contribution in [0, 0.1) is 19.8 Å². The van der Waals surface area contributed by atoms with Crippen molar-refractivity contribution in [3.05, 3.63) is 34.9 Å². The number of nitrogens with two attached hydrogens (primary N) is 1. The van der Waals surface area contributed by atoms with Crippen LogP contribution < -0.4 is 5.73 Å². The molecule has 1 aromatic carbocycles. The standard InChI is InChI=1S/C17H27NO/c1-11-8-7-9-13(12(11)2)15(18)14-10-16(3,4)19-17(14,5)6/h7-9,14-15H,10,18H2,1-6H3. The van der Waals surface area contributed by atoms with Gasteiger partial charge in [0.15, 0.2) is 0 Å². The predicted octanol–water partition coefficient (Wildman–Crippen LogP) is 3.90. The predicted molar refractivity (Wildman–Crippen MR) is 80.2 cm³/mol. The van der Waals surface area contributed by atoms with Crippen LogP contribution >= 0.6 is 0 Å². The Balaban J connectivity index is 2.34. The van der Waals surface area contributed by atoms with Crippen LogP contribution in [-0.2, 0) is 4.74 Å². The molecule has 2 heteroatoms. The minimum atomic E-state index is -0.168. The first-order chi connectivity index (χ1) is 8.64. The van der Waals surface area contributed by atoms with Gasteiger partial charge in [0.1, 0.15) is 0 Å². The highest BCUT2D eigenvalue weighted by molar-refractivity contribution is 5.36. The van der Waals surface area contributed by atoms with Crippen LogP contribution in [0.5, 0.6) is 0 Å². The summed E-state index contributed by atoms with van der Waals surface area (Å²) in [5.41, 5.74) is 10.2. The van der Waals surface area contributed by atoms with E-state index in [4.69, 9.17) is 10.5 Å². The molecule has 1 saturated heterocycles. The molecule has 0 saturated carbocycles. The van der Waals surface area contributed by atoms with Gasteiger partial charge in [-0.15, -0.1) is 0 Å². The van der Waals surface area contributed by atoms with Crippen molar-refractivity contribution in [2.75, 3.05) is 0 Å². The Morgan fingerprint density at radius 3 is 2.37 bits per heavy atom. The summed E-state index contributed by atoms with van der Waals surface area (Å²) in [5.74, 6) is 0.350. The summed E-state index contributed by atoms with van der Waals surface area (Å²) in [6.07, 6.45) is 1.01. The second-order valence-electron chi connectivity index (χ2n) is 7.09. The molecule has 2 rings (SSSR count). The first-order valence-electron chi connectivity index (χ1n) is 7.16. The smallest absolute Gasteiger partial charge is 0.0680 e. The lowest BCUT2D eigenvalue weighted by molar-refractivity contribution is -0.0767. The first-order valence-corrected chi connectivity index (χ1v) is 7.16. The number of aryl methyl sites for hydroxylation is 1. The van der Waals surface area contributed by atoms with E-state index >= 15 is 0 Å². The third-order valence-corrected chi connectivity index (χ3v) is 4.58. The maximum Gasteiger partial charge on any atom is 0.0680 e. The molecule has 0 radical (unpaired) electrons. The fourth-order valence-electron chi connectivity index (χ4n) is 3.52. The van der Waals surface area contributed by atoms with E-state index in [1.54, 1.807) is 0 Å². The number of hydrogen-bond donors (Lipinski definition) is 1. The van der Waals surface area contributed by atoms with Gasteiger partial charge in [-0.25, -0.2) is 0 Å². The van der Waals surface area contributed by atoms with Crippen LogP contribution in [0.3, 0.4) is 0 Å². The Kier molecular flexibility index (Phi) is 3.53. The molecule has 2 nitrogen and oxygen atoms in total. The topological polar surface area (TPSA) is 35.2 Å². The summed E-state index contributed by atoms with van der Waals surface area (Å²) >= 11 is 0. The van der Waals surface area contributed by atoms with Gasteiger partial charge in [0.05, 0.1) is 11.2 Å². The van der Waals surface area contributed by atoms with Gasteiger partial charge >= 0.3 is 0 Å². The minimum Gasteiger partial charge on any atom is -0.369 e. The minimum absolute atomic E-state index is 0.0386. The van der Waals surface area contributed by atoms with Crippen LogP contribution in [0.15, 0.2) is 18.2 Å². The van der Waals surface area contributed by atoms with Crippen molar-refractivity contribution in [2.24, 2.45) is 11.7 Å². The van der Waals surface area contributed by atoms with E-state index in [-0.39, 0.29) is 17.2 Å². The molecule has 2 atom stereocenters. The van der Waals surface area contributed by atoms with Gasteiger partial charge in [-0.05, 0) is 64.7 Å². The summed E-state index contributed by atoms with van der Waals surface area (Å²) < 4.78 is 6.18. The Morgan fingerprint density at radius 1 is 1.21 bits per heavy atom. The van der Waals surface area contributed by atoms with E-state index in [1.807, 2.05) is 0 Å². The molecule has 0 amide bonds. The van der Waals surface area contributed by atoms with E-state index in [0.717, 1.165) is 6.42 Å². The first kappa shape index (κ1) is 14.5. The van der Waals surface area contributed by atoms with Crippen molar-refractivity contribution in [1.82, 2.24) is 0 Å². The van der Waals surface area contributed by atoms with Gasteiger partial charge in [-0.2, -0.15) is 0 Å². The van der Waals surface area contributed by atoms with Crippen LogP contribution in [0.2, 0.25) is 0 Å². The molecule has 0 bridgehead atoms. The third kappa shape index (κ3) is 2.70. The highest BCUT2D eigenvalue weighted by Gasteiger charge is 2.48. The summed E-state index contributed by atoms with van der Waals surface area (Å²) in [7, 11) is 0. The molecule has 2 N–H and O–H groups in total. The maximum atomic E-state index is 6.59. The largest absolute Gasteiger partial charge is 0.369 e. The molecular formula is C17H27NO. The summed E-state index contributed by atoms with van der Waals surface area (Å²) in [6.45, 7) is 13.0. The number of ether oxygens (including phenoxy) is 1. The quantitative estimate of drug-likeness (QED) is 0.876. The Hall–Kier alpha value is -0.860. The van der Waals surface area contributed by atoms with Crippen molar-refractivity contribution >= 4 is 0 Å². The average Bonchev–Trinajstić information content (AvgIpc) is 2.50. The monoisotopic (exact) mass is 261 g/mol. The van der Waals surface area contributed by atoms with Crippen molar-refractivity contribution in [2.45, 2.75) is 65.2 Å². The fraction of sp³-hybridized carbons (Fsp3) is 0.647. The lowest BCUT2D eigenvalue weighted by atomic mass is 9.78. The molecule has 1 fully saturated rings. The summed E-state index contributed by atoms with van der Waals surface area (Å²) in [6, 6.07) is 6.45. The fourth-order valence-corrected chi connectivity index (χ4v) is 3.52. The molecule has 106 valence electrons. The van der Waals surface area contributed by atoms with Crippen molar-refractivity contribution in [1.29, 1.82) is 0 Å². The lowest BCUT2D eigenvalue weighted by Gasteiger charge is -2.32. The molecule has 0 spiro atoms. The average molecular weight is 261 g/mol. The summed E-state index contributed by atoms with van der Waals surface area (Å²) in [5, 5.41) is 0. The highest BCUT2D eigenvalue weighted by atomic mass is 16.5. The lowest BCUT2D eigenvalue weighted by Crippen LogP contribution is -2.36. The van der Waals surface area contributed by atoms with Crippen molar-refractivity contribution in [3.8, 4) is 0 Å². The van der Waals surface area contributed by atoms with E-state index in [9.17, 15) is 0 Å². The zero-order valence-corrected chi connectivity index (χ0v) is 13.1. The van der Waals surface area contributed by atoms with Crippen LogP contribution in [0.25, 0.3) is 0 Å². The molecule has 1 heterocycles. The van der Waals surface area contributed by atoms with E-state index in [2.05, 4.69) is 59.7 Å². The second kappa shape index (κ2) is 4.60. The Bertz CT molecular complexity index is 476. The second-order valence-corrected chi connectivity index (χ2v) is 7.09.